The minimum absolute atomic E-state index is 0.247. The summed E-state index contributed by atoms with van der Waals surface area (Å²) in [5.74, 6) is 0.157. The Morgan fingerprint density at radius 3 is 2.68 bits per heavy atom. The van der Waals surface area contributed by atoms with Crippen molar-refractivity contribution < 1.29 is 4.79 Å². The van der Waals surface area contributed by atoms with Crippen LogP contribution in [0.25, 0.3) is 0 Å². The van der Waals surface area contributed by atoms with E-state index in [1.807, 2.05) is 24.1 Å². The molecule has 1 aromatic carbocycles. The molecule has 4 nitrogen and oxygen atoms in total. The molecule has 0 unspecified atom stereocenters. The number of nitrogens with one attached hydrogen (secondary N) is 1. The van der Waals surface area contributed by atoms with E-state index in [2.05, 4.69) is 41.2 Å². The van der Waals surface area contributed by atoms with E-state index in [0.717, 1.165) is 28.8 Å². The summed E-state index contributed by atoms with van der Waals surface area (Å²) in [7, 11) is 1.91. The molecule has 0 saturated heterocycles. The van der Waals surface area contributed by atoms with Gasteiger partial charge in [0, 0.05) is 23.2 Å². The summed E-state index contributed by atoms with van der Waals surface area (Å²) < 4.78 is 1.03. The van der Waals surface area contributed by atoms with Crippen LogP contribution >= 0.6 is 15.9 Å². The molecule has 0 atom stereocenters. The zero-order valence-corrected chi connectivity index (χ0v) is 13.3. The number of primary amides is 1. The summed E-state index contributed by atoms with van der Waals surface area (Å²) in [6.07, 6.45) is 0. The minimum Gasteiger partial charge on any atom is -0.368 e. The van der Waals surface area contributed by atoms with Gasteiger partial charge < -0.3 is 16.0 Å². The van der Waals surface area contributed by atoms with Crippen LogP contribution in [-0.4, -0.2) is 26.0 Å². The maximum absolute atomic E-state index is 11.3. The van der Waals surface area contributed by atoms with Crippen molar-refractivity contribution in [1.82, 2.24) is 5.32 Å². The molecular weight excluding hydrogens is 306 g/mol. The van der Waals surface area contributed by atoms with Crippen molar-refractivity contribution in [2.75, 3.05) is 25.0 Å². The summed E-state index contributed by atoms with van der Waals surface area (Å²) >= 11 is 3.48. The molecule has 0 aliphatic heterocycles. The third-order valence-electron chi connectivity index (χ3n) is 2.68. The fourth-order valence-electron chi connectivity index (χ4n) is 2.07. The topological polar surface area (TPSA) is 58.4 Å². The Morgan fingerprint density at radius 2 is 2.16 bits per heavy atom. The average Bonchev–Trinajstić information content (AvgIpc) is 2.27. The van der Waals surface area contributed by atoms with Gasteiger partial charge in [0.25, 0.3) is 0 Å². The van der Waals surface area contributed by atoms with Crippen LogP contribution in [0.15, 0.2) is 22.7 Å². The van der Waals surface area contributed by atoms with E-state index in [1.54, 1.807) is 0 Å². The van der Waals surface area contributed by atoms with Gasteiger partial charge in [-0.1, -0.05) is 29.8 Å². The minimum atomic E-state index is -0.307. The smallest absolute Gasteiger partial charge is 0.236 e. The highest BCUT2D eigenvalue weighted by molar-refractivity contribution is 9.10. The van der Waals surface area contributed by atoms with Gasteiger partial charge in [-0.2, -0.15) is 0 Å². The van der Waals surface area contributed by atoms with Gasteiger partial charge in [-0.25, -0.2) is 0 Å². The second-order valence-corrected chi connectivity index (χ2v) is 5.96. The monoisotopic (exact) mass is 327 g/mol. The van der Waals surface area contributed by atoms with E-state index in [1.165, 1.54) is 0 Å². The number of halogens is 1. The van der Waals surface area contributed by atoms with Gasteiger partial charge in [-0.15, -0.1) is 0 Å². The van der Waals surface area contributed by atoms with Crippen LogP contribution in [0.5, 0.6) is 0 Å². The molecule has 1 aromatic rings. The molecule has 0 spiro atoms. The number of hydrogen-bond donors (Lipinski definition) is 2. The van der Waals surface area contributed by atoms with Crippen LogP contribution in [0.4, 0.5) is 5.69 Å². The predicted molar refractivity (Wildman–Crippen MR) is 83.2 cm³/mol. The lowest BCUT2D eigenvalue weighted by atomic mass is 10.1. The third kappa shape index (κ3) is 5.20. The Kier molecular flexibility index (Phi) is 6.31. The lowest BCUT2D eigenvalue weighted by molar-refractivity contribution is -0.116. The predicted octanol–water partition coefficient (Wildman–Crippen LogP) is 2.12. The molecule has 106 valence electrons. The molecule has 5 heteroatoms. The van der Waals surface area contributed by atoms with Crippen molar-refractivity contribution in [2.24, 2.45) is 11.7 Å². The first-order valence-corrected chi connectivity index (χ1v) is 7.19. The lowest BCUT2D eigenvalue weighted by Crippen LogP contribution is -2.37. The van der Waals surface area contributed by atoms with Crippen LogP contribution in [-0.2, 0) is 11.3 Å². The van der Waals surface area contributed by atoms with Crippen molar-refractivity contribution in [3.05, 3.63) is 28.2 Å². The number of carbonyl (C=O) groups is 1. The number of nitrogens with two attached hydrogens (primary N) is 1. The van der Waals surface area contributed by atoms with Crippen molar-refractivity contribution in [1.29, 1.82) is 0 Å². The van der Waals surface area contributed by atoms with Crippen molar-refractivity contribution in [2.45, 2.75) is 20.4 Å². The zero-order chi connectivity index (χ0) is 14.4. The molecule has 0 fully saturated rings. The standard InChI is InChI=1S/C14H22BrN3O/c1-10(2)8-18(9-14(16)19)13-5-4-12(15)6-11(13)7-17-3/h4-6,10,17H,7-9H2,1-3H3,(H2,16,19). The normalized spacial score (nSPS) is 10.8. The molecular formula is C14H22BrN3O. The number of anilines is 1. The van der Waals surface area contributed by atoms with Crippen LogP contribution in [0.3, 0.4) is 0 Å². The number of rotatable bonds is 7. The first kappa shape index (κ1) is 16.0. The van der Waals surface area contributed by atoms with Crippen LogP contribution in [0, 0.1) is 5.92 Å². The first-order valence-electron chi connectivity index (χ1n) is 6.40. The highest BCUT2D eigenvalue weighted by Crippen LogP contribution is 2.25. The van der Waals surface area contributed by atoms with Gasteiger partial charge in [-0.05, 0) is 36.7 Å². The maximum atomic E-state index is 11.3. The summed E-state index contributed by atoms with van der Waals surface area (Å²) in [5, 5.41) is 3.15. The molecule has 0 bridgehead atoms. The molecule has 1 rings (SSSR count). The quantitative estimate of drug-likeness (QED) is 0.806. The molecule has 3 N–H and O–H groups in total. The van der Waals surface area contributed by atoms with Crippen molar-refractivity contribution in [3.63, 3.8) is 0 Å². The van der Waals surface area contributed by atoms with E-state index in [9.17, 15) is 4.79 Å². The molecule has 1 amide bonds. The van der Waals surface area contributed by atoms with E-state index in [-0.39, 0.29) is 12.5 Å². The summed E-state index contributed by atoms with van der Waals surface area (Å²) in [6, 6.07) is 6.09. The third-order valence-corrected chi connectivity index (χ3v) is 3.17. The number of nitrogens with zero attached hydrogens (tertiary/aromatic N) is 1. The molecule has 0 aromatic heterocycles. The van der Waals surface area contributed by atoms with E-state index in [0.29, 0.717) is 5.92 Å². The SMILES string of the molecule is CNCc1cc(Br)ccc1N(CC(N)=O)CC(C)C. The molecule has 0 aliphatic carbocycles. The molecule has 0 aliphatic rings. The Labute approximate surface area is 123 Å². The number of amides is 1. The van der Waals surface area contributed by atoms with Gasteiger partial charge >= 0.3 is 0 Å². The molecule has 0 heterocycles. The summed E-state index contributed by atoms with van der Waals surface area (Å²) in [5.41, 5.74) is 7.57. The van der Waals surface area contributed by atoms with Gasteiger partial charge in [0.2, 0.25) is 5.91 Å². The highest BCUT2D eigenvalue weighted by Gasteiger charge is 2.15. The number of benzene rings is 1. The second kappa shape index (κ2) is 7.50. The Bertz CT molecular complexity index is 435. The Hall–Kier alpha value is -1.07. The maximum Gasteiger partial charge on any atom is 0.236 e. The Morgan fingerprint density at radius 1 is 1.47 bits per heavy atom. The second-order valence-electron chi connectivity index (χ2n) is 5.04. The fraction of sp³-hybridized carbons (Fsp3) is 0.500. The van der Waals surface area contributed by atoms with E-state index < -0.39 is 0 Å². The van der Waals surface area contributed by atoms with Crippen molar-refractivity contribution in [3.8, 4) is 0 Å². The summed E-state index contributed by atoms with van der Waals surface area (Å²) in [6.45, 7) is 6.06. The molecule has 0 radical (unpaired) electrons. The summed E-state index contributed by atoms with van der Waals surface area (Å²) in [4.78, 5) is 13.3. The van der Waals surface area contributed by atoms with Crippen LogP contribution in [0.1, 0.15) is 19.4 Å². The van der Waals surface area contributed by atoms with Crippen LogP contribution in [0.2, 0.25) is 0 Å². The lowest BCUT2D eigenvalue weighted by Gasteiger charge is -2.27. The van der Waals surface area contributed by atoms with E-state index >= 15 is 0 Å². The number of hydrogen-bond acceptors (Lipinski definition) is 3. The van der Waals surface area contributed by atoms with Gasteiger partial charge in [0.1, 0.15) is 0 Å². The largest absolute Gasteiger partial charge is 0.368 e. The fourth-order valence-corrected chi connectivity index (χ4v) is 2.48. The molecule has 0 saturated carbocycles. The zero-order valence-electron chi connectivity index (χ0n) is 11.7. The number of carbonyl (C=O) groups excluding carboxylic acids is 1. The van der Waals surface area contributed by atoms with Crippen LogP contribution < -0.4 is 16.0 Å². The Balaban J connectivity index is 3.08. The van der Waals surface area contributed by atoms with Gasteiger partial charge in [-0.3, -0.25) is 4.79 Å². The van der Waals surface area contributed by atoms with Gasteiger partial charge in [0.15, 0.2) is 0 Å². The van der Waals surface area contributed by atoms with Crippen molar-refractivity contribution >= 4 is 27.5 Å². The average molecular weight is 328 g/mol. The first-order chi connectivity index (χ1) is 8.93. The van der Waals surface area contributed by atoms with E-state index in [4.69, 9.17) is 5.73 Å². The molecule has 19 heavy (non-hydrogen) atoms. The highest BCUT2D eigenvalue weighted by atomic mass is 79.9. The van der Waals surface area contributed by atoms with Gasteiger partial charge in [0.05, 0.1) is 6.54 Å².